The van der Waals surface area contributed by atoms with Gasteiger partial charge in [-0.1, -0.05) is 6.07 Å². The van der Waals surface area contributed by atoms with Gasteiger partial charge in [0, 0.05) is 4.47 Å². The van der Waals surface area contributed by atoms with Crippen molar-refractivity contribution in [3.8, 4) is 6.07 Å². The molecule has 1 unspecified atom stereocenters. The van der Waals surface area contributed by atoms with E-state index in [1.54, 1.807) is 6.92 Å². The van der Waals surface area contributed by atoms with Crippen LogP contribution in [0.1, 0.15) is 12.5 Å². The number of hydrogen-bond donors (Lipinski definition) is 1. The van der Waals surface area contributed by atoms with Gasteiger partial charge in [0.1, 0.15) is 5.92 Å². The largest absolute Gasteiger partial charge is 0.324 e. The standard InChI is InChI=1S/C11H11BrN2O/c1-7-3-4-9(12)10(5-7)14-11(15)8(2)6-13/h3-5,8H,1-2H3,(H,14,15). The molecule has 1 rings (SSSR count). The molecule has 0 spiro atoms. The molecule has 0 aliphatic heterocycles. The molecule has 3 nitrogen and oxygen atoms in total. The van der Waals surface area contributed by atoms with Gasteiger partial charge in [-0.25, -0.2) is 0 Å². The van der Waals surface area contributed by atoms with Gasteiger partial charge in [-0.15, -0.1) is 0 Å². The molecular weight excluding hydrogens is 256 g/mol. The number of nitriles is 1. The van der Waals surface area contributed by atoms with Crippen molar-refractivity contribution in [2.75, 3.05) is 5.32 Å². The first kappa shape index (κ1) is 11.7. The molecule has 4 heteroatoms. The lowest BCUT2D eigenvalue weighted by Gasteiger charge is -2.08. The van der Waals surface area contributed by atoms with Gasteiger partial charge < -0.3 is 5.32 Å². The van der Waals surface area contributed by atoms with E-state index in [2.05, 4.69) is 21.2 Å². The number of carbonyl (C=O) groups is 1. The summed E-state index contributed by atoms with van der Waals surface area (Å²) in [6.07, 6.45) is 0. The zero-order valence-corrected chi connectivity index (χ0v) is 10.1. The van der Waals surface area contributed by atoms with Crippen molar-refractivity contribution in [2.45, 2.75) is 13.8 Å². The molecule has 1 amide bonds. The van der Waals surface area contributed by atoms with E-state index in [0.29, 0.717) is 5.69 Å². The maximum Gasteiger partial charge on any atom is 0.241 e. The van der Waals surface area contributed by atoms with Crippen molar-refractivity contribution in [2.24, 2.45) is 5.92 Å². The highest BCUT2D eigenvalue weighted by atomic mass is 79.9. The minimum Gasteiger partial charge on any atom is -0.324 e. The normalized spacial score (nSPS) is 11.6. The van der Waals surface area contributed by atoms with Crippen LogP contribution in [0, 0.1) is 24.2 Å². The third kappa shape index (κ3) is 3.07. The van der Waals surface area contributed by atoms with Crippen LogP contribution in [-0.2, 0) is 4.79 Å². The molecule has 0 saturated carbocycles. The third-order valence-electron chi connectivity index (χ3n) is 1.97. The van der Waals surface area contributed by atoms with Crippen LogP contribution in [0.15, 0.2) is 22.7 Å². The number of rotatable bonds is 2. The zero-order chi connectivity index (χ0) is 11.4. The molecule has 0 aliphatic rings. The van der Waals surface area contributed by atoms with Crippen molar-refractivity contribution in [3.63, 3.8) is 0 Å². The van der Waals surface area contributed by atoms with Crippen LogP contribution in [0.25, 0.3) is 0 Å². The molecule has 0 heterocycles. The van der Waals surface area contributed by atoms with Crippen LogP contribution >= 0.6 is 15.9 Å². The van der Waals surface area contributed by atoms with Crippen LogP contribution in [0.4, 0.5) is 5.69 Å². The Morgan fingerprint density at radius 1 is 1.60 bits per heavy atom. The molecule has 0 fully saturated rings. The Hall–Kier alpha value is -1.34. The number of amides is 1. The summed E-state index contributed by atoms with van der Waals surface area (Å²) in [5, 5.41) is 11.3. The maximum atomic E-state index is 11.5. The Balaban J connectivity index is 2.86. The van der Waals surface area contributed by atoms with E-state index in [4.69, 9.17) is 5.26 Å². The van der Waals surface area contributed by atoms with Crippen molar-refractivity contribution in [1.29, 1.82) is 5.26 Å². The van der Waals surface area contributed by atoms with Crippen LogP contribution in [0.2, 0.25) is 0 Å². The maximum absolute atomic E-state index is 11.5. The fraction of sp³-hybridized carbons (Fsp3) is 0.273. The highest BCUT2D eigenvalue weighted by Crippen LogP contribution is 2.23. The van der Waals surface area contributed by atoms with Crippen LogP contribution in [0.3, 0.4) is 0 Å². The number of hydrogen-bond acceptors (Lipinski definition) is 2. The number of anilines is 1. The number of nitrogens with one attached hydrogen (secondary N) is 1. The zero-order valence-electron chi connectivity index (χ0n) is 8.54. The Bertz CT molecular complexity index is 423. The average Bonchev–Trinajstić information content (AvgIpc) is 2.22. The minimum absolute atomic E-state index is 0.288. The van der Waals surface area contributed by atoms with Crippen LogP contribution in [0.5, 0.6) is 0 Å². The van der Waals surface area contributed by atoms with Gasteiger partial charge in [0.25, 0.3) is 0 Å². The number of halogens is 1. The Morgan fingerprint density at radius 3 is 2.87 bits per heavy atom. The second-order valence-corrected chi connectivity index (χ2v) is 4.18. The summed E-state index contributed by atoms with van der Waals surface area (Å²) in [4.78, 5) is 11.5. The Morgan fingerprint density at radius 2 is 2.27 bits per heavy atom. The molecule has 0 radical (unpaired) electrons. The van der Waals surface area contributed by atoms with Crippen molar-refractivity contribution >= 4 is 27.5 Å². The molecular formula is C11H11BrN2O. The van der Waals surface area contributed by atoms with Gasteiger partial charge in [-0.3, -0.25) is 4.79 Å². The van der Waals surface area contributed by atoms with E-state index in [-0.39, 0.29) is 5.91 Å². The van der Waals surface area contributed by atoms with Gasteiger partial charge in [0.2, 0.25) is 5.91 Å². The molecule has 0 aromatic heterocycles. The summed E-state index contributed by atoms with van der Waals surface area (Å²) in [6.45, 7) is 3.51. The summed E-state index contributed by atoms with van der Waals surface area (Å²) < 4.78 is 0.812. The van der Waals surface area contributed by atoms with E-state index in [1.807, 2.05) is 31.2 Å². The van der Waals surface area contributed by atoms with Crippen LogP contribution in [-0.4, -0.2) is 5.91 Å². The van der Waals surface area contributed by atoms with E-state index in [1.165, 1.54) is 0 Å². The SMILES string of the molecule is Cc1ccc(Br)c(NC(=O)C(C)C#N)c1. The van der Waals surface area contributed by atoms with Gasteiger partial charge in [0.05, 0.1) is 11.8 Å². The lowest BCUT2D eigenvalue weighted by Crippen LogP contribution is -2.19. The number of aryl methyl sites for hydroxylation is 1. The molecule has 15 heavy (non-hydrogen) atoms. The first-order chi connectivity index (χ1) is 7.04. The molecule has 78 valence electrons. The van der Waals surface area contributed by atoms with Crippen molar-refractivity contribution in [3.05, 3.63) is 28.2 Å². The first-order valence-electron chi connectivity index (χ1n) is 4.51. The van der Waals surface area contributed by atoms with Gasteiger partial charge in [-0.2, -0.15) is 5.26 Å². The quantitative estimate of drug-likeness (QED) is 0.895. The molecule has 1 aromatic rings. The Labute approximate surface area is 97.2 Å². The predicted molar refractivity (Wildman–Crippen MR) is 62.3 cm³/mol. The second kappa shape index (κ2) is 4.94. The lowest BCUT2D eigenvalue weighted by molar-refractivity contribution is -0.117. The van der Waals surface area contributed by atoms with E-state index in [0.717, 1.165) is 10.0 Å². The smallest absolute Gasteiger partial charge is 0.241 e. The molecule has 1 atom stereocenters. The predicted octanol–water partition coefficient (Wildman–Crippen LogP) is 2.86. The summed E-state index contributed by atoms with van der Waals surface area (Å²) in [5.74, 6) is -0.929. The molecule has 0 aliphatic carbocycles. The third-order valence-corrected chi connectivity index (χ3v) is 2.66. The van der Waals surface area contributed by atoms with Crippen molar-refractivity contribution in [1.82, 2.24) is 0 Å². The topological polar surface area (TPSA) is 52.9 Å². The van der Waals surface area contributed by atoms with E-state index in [9.17, 15) is 4.79 Å². The molecule has 0 bridgehead atoms. The highest BCUT2D eigenvalue weighted by molar-refractivity contribution is 9.10. The van der Waals surface area contributed by atoms with Gasteiger partial charge in [-0.05, 0) is 47.5 Å². The number of carbonyl (C=O) groups excluding carboxylic acids is 1. The minimum atomic E-state index is -0.641. The van der Waals surface area contributed by atoms with Gasteiger partial charge >= 0.3 is 0 Å². The fourth-order valence-electron chi connectivity index (χ4n) is 1.03. The Kier molecular flexibility index (Phi) is 3.87. The summed E-state index contributed by atoms with van der Waals surface area (Å²) >= 11 is 3.33. The summed E-state index contributed by atoms with van der Waals surface area (Å²) in [6, 6.07) is 7.55. The van der Waals surface area contributed by atoms with E-state index >= 15 is 0 Å². The first-order valence-corrected chi connectivity index (χ1v) is 5.30. The van der Waals surface area contributed by atoms with Crippen molar-refractivity contribution < 1.29 is 4.79 Å². The fourth-order valence-corrected chi connectivity index (χ4v) is 1.38. The molecule has 1 aromatic carbocycles. The van der Waals surface area contributed by atoms with E-state index < -0.39 is 5.92 Å². The van der Waals surface area contributed by atoms with Gasteiger partial charge in [0.15, 0.2) is 0 Å². The average molecular weight is 267 g/mol. The molecule has 1 N–H and O–H groups in total. The highest BCUT2D eigenvalue weighted by Gasteiger charge is 2.12. The summed E-state index contributed by atoms with van der Waals surface area (Å²) in [7, 11) is 0. The molecule has 0 saturated heterocycles. The summed E-state index contributed by atoms with van der Waals surface area (Å²) in [5.41, 5.74) is 1.75. The monoisotopic (exact) mass is 266 g/mol. The lowest BCUT2D eigenvalue weighted by atomic mass is 10.1. The van der Waals surface area contributed by atoms with Crippen LogP contribution < -0.4 is 5.32 Å². The number of benzene rings is 1. The number of nitrogens with zero attached hydrogens (tertiary/aromatic N) is 1. The second-order valence-electron chi connectivity index (χ2n) is 3.32.